The summed E-state index contributed by atoms with van der Waals surface area (Å²) in [4.78, 5) is 2.50. The van der Waals surface area contributed by atoms with Gasteiger partial charge in [0.15, 0.2) is 0 Å². The van der Waals surface area contributed by atoms with E-state index in [4.69, 9.17) is 0 Å². The van der Waals surface area contributed by atoms with Crippen LogP contribution in [0.2, 0.25) is 0 Å². The van der Waals surface area contributed by atoms with Gasteiger partial charge in [-0.05, 0) is 109 Å². The third-order valence-electron chi connectivity index (χ3n) is 12.3. The van der Waals surface area contributed by atoms with Gasteiger partial charge in [0, 0.05) is 27.8 Å². The van der Waals surface area contributed by atoms with Gasteiger partial charge in [-0.2, -0.15) is 0 Å². The summed E-state index contributed by atoms with van der Waals surface area (Å²) in [5, 5.41) is 0. The van der Waals surface area contributed by atoms with Crippen molar-refractivity contribution in [1.29, 1.82) is 0 Å². The molecule has 0 aromatic heterocycles. The number of hydrogen-bond donors (Lipinski definition) is 0. The highest BCUT2D eigenvalue weighted by Gasteiger charge is 2.38. The summed E-state index contributed by atoms with van der Waals surface area (Å²) < 4.78 is 0. The van der Waals surface area contributed by atoms with Crippen LogP contribution in [-0.4, -0.2) is 0 Å². The highest BCUT2D eigenvalue weighted by atomic mass is 15.1. The largest absolute Gasteiger partial charge is 0.310 e. The topological polar surface area (TPSA) is 3.24 Å². The third kappa shape index (κ3) is 5.29. The van der Waals surface area contributed by atoms with E-state index in [2.05, 4.69) is 221 Å². The van der Waals surface area contributed by atoms with Crippen molar-refractivity contribution in [3.8, 4) is 55.6 Å². The molecular formula is C54H43N. The van der Waals surface area contributed by atoms with Crippen molar-refractivity contribution in [2.75, 3.05) is 4.90 Å². The first-order valence-electron chi connectivity index (χ1n) is 19.4. The maximum Gasteiger partial charge on any atom is 0.0540 e. The highest BCUT2D eigenvalue weighted by Crippen LogP contribution is 2.54. The highest BCUT2D eigenvalue weighted by molar-refractivity contribution is 5.94. The molecular weight excluding hydrogens is 663 g/mol. The second-order valence-corrected chi connectivity index (χ2v) is 16.2. The molecule has 2 aliphatic carbocycles. The first-order chi connectivity index (χ1) is 26.8. The molecule has 8 aromatic carbocycles. The summed E-state index contributed by atoms with van der Waals surface area (Å²) in [5.74, 6) is 0. The average molecular weight is 706 g/mol. The van der Waals surface area contributed by atoms with Crippen molar-refractivity contribution in [3.63, 3.8) is 0 Å². The molecule has 0 N–H and O–H groups in total. The zero-order chi connectivity index (χ0) is 37.3. The maximum absolute atomic E-state index is 2.50. The number of nitrogens with zero attached hydrogens (tertiary/aromatic N) is 1. The minimum Gasteiger partial charge on any atom is -0.310 e. The molecule has 0 saturated heterocycles. The number of benzene rings is 8. The Morgan fingerprint density at radius 3 is 1.22 bits per heavy atom. The van der Waals surface area contributed by atoms with Crippen LogP contribution >= 0.6 is 0 Å². The lowest BCUT2D eigenvalue weighted by atomic mass is 9.82. The fraction of sp³-hybridized carbons (Fsp3) is 0.111. The summed E-state index contributed by atoms with van der Waals surface area (Å²) in [5.41, 5.74) is 21.3. The van der Waals surface area contributed by atoms with E-state index in [0.717, 1.165) is 17.1 Å². The molecule has 0 amide bonds. The van der Waals surface area contributed by atoms with Gasteiger partial charge in [-0.15, -0.1) is 0 Å². The van der Waals surface area contributed by atoms with Gasteiger partial charge in [0.25, 0.3) is 0 Å². The summed E-state index contributed by atoms with van der Waals surface area (Å²) in [6, 6.07) is 69.6. The minimum absolute atomic E-state index is 0.118. The molecule has 0 unspecified atom stereocenters. The average Bonchev–Trinajstić information content (AvgIpc) is 3.61. The van der Waals surface area contributed by atoms with Crippen LogP contribution in [0.25, 0.3) is 55.6 Å². The number of fused-ring (bicyclic) bond motifs is 6. The number of rotatable bonds is 6. The second-order valence-electron chi connectivity index (χ2n) is 16.2. The molecule has 1 nitrogen and oxygen atoms in total. The van der Waals surface area contributed by atoms with Crippen molar-refractivity contribution >= 4 is 17.1 Å². The van der Waals surface area contributed by atoms with E-state index >= 15 is 0 Å². The zero-order valence-electron chi connectivity index (χ0n) is 31.8. The molecule has 1 heteroatoms. The van der Waals surface area contributed by atoms with Gasteiger partial charge < -0.3 is 4.90 Å². The fourth-order valence-electron chi connectivity index (χ4n) is 9.34. The van der Waals surface area contributed by atoms with Crippen molar-refractivity contribution in [3.05, 3.63) is 210 Å². The lowest BCUT2D eigenvalue weighted by Gasteiger charge is -2.31. The number of hydrogen-bond acceptors (Lipinski definition) is 1. The lowest BCUT2D eigenvalue weighted by Crippen LogP contribution is -2.18. The quantitative estimate of drug-likeness (QED) is 0.166. The lowest BCUT2D eigenvalue weighted by molar-refractivity contribution is 0.660. The molecule has 0 radical (unpaired) electrons. The predicted molar refractivity (Wildman–Crippen MR) is 233 cm³/mol. The second kappa shape index (κ2) is 12.6. The van der Waals surface area contributed by atoms with E-state index in [0.29, 0.717) is 0 Å². The van der Waals surface area contributed by atoms with Gasteiger partial charge in [-0.1, -0.05) is 179 Å². The number of anilines is 3. The summed E-state index contributed by atoms with van der Waals surface area (Å²) in [6.45, 7) is 9.48. The van der Waals surface area contributed by atoms with Gasteiger partial charge in [0.1, 0.15) is 0 Å². The molecule has 0 saturated carbocycles. The molecule has 0 aliphatic heterocycles. The molecule has 0 heterocycles. The molecule has 0 bridgehead atoms. The Hall–Kier alpha value is -6.44. The van der Waals surface area contributed by atoms with Crippen LogP contribution in [0.3, 0.4) is 0 Å². The molecule has 8 aromatic rings. The van der Waals surface area contributed by atoms with E-state index in [1.54, 1.807) is 0 Å². The molecule has 0 spiro atoms. The van der Waals surface area contributed by atoms with E-state index in [9.17, 15) is 0 Å². The molecule has 55 heavy (non-hydrogen) atoms. The van der Waals surface area contributed by atoms with Crippen LogP contribution in [0, 0.1) is 0 Å². The van der Waals surface area contributed by atoms with Crippen LogP contribution in [-0.2, 0) is 10.8 Å². The van der Waals surface area contributed by atoms with Crippen LogP contribution in [0.4, 0.5) is 17.1 Å². The van der Waals surface area contributed by atoms with Gasteiger partial charge in [0.05, 0.1) is 5.69 Å². The molecule has 10 rings (SSSR count). The first kappa shape index (κ1) is 33.2. The predicted octanol–water partition coefficient (Wildman–Crippen LogP) is 14.8. The van der Waals surface area contributed by atoms with Crippen LogP contribution in [0.1, 0.15) is 49.9 Å². The minimum atomic E-state index is -0.118. The molecule has 0 fully saturated rings. The van der Waals surface area contributed by atoms with Crippen molar-refractivity contribution < 1.29 is 0 Å². The Bertz CT molecular complexity index is 2630. The fourth-order valence-corrected chi connectivity index (χ4v) is 9.34. The molecule has 0 atom stereocenters. The van der Waals surface area contributed by atoms with Crippen LogP contribution < -0.4 is 4.90 Å². The Balaban J connectivity index is 1.17. The molecule has 2 aliphatic rings. The Kier molecular flexibility index (Phi) is 7.58. The Morgan fingerprint density at radius 1 is 0.291 bits per heavy atom. The summed E-state index contributed by atoms with van der Waals surface area (Å²) >= 11 is 0. The zero-order valence-corrected chi connectivity index (χ0v) is 31.8. The standard InChI is InChI=1S/C54H43N/c1-53(2)48-21-13-11-19-43(48)45-30-28-41(34-50(45)53)55(42-29-31-46-44-20-12-14-22-49(44)54(3,4)51(46)35-42)52-32-27-40(33-47(52)39-17-9-6-10-18-39)38-25-23-37(24-26-38)36-15-7-5-8-16-36/h5-35H,1-4H3. The van der Waals surface area contributed by atoms with Crippen molar-refractivity contribution in [2.45, 2.75) is 38.5 Å². The maximum atomic E-state index is 2.50. The van der Waals surface area contributed by atoms with E-state index in [1.807, 2.05) is 0 Å². The smallest absolute Gasteiger partial charge is 0.0540 e. The van der Waals surface area contributed by atoms with Crippen molar-refractivity contribution in [1.82, 2.24) is 0 Å². The monoisotopic (exact) mass is 705 g/mol. The Labute approximate surface area is 325 Å². The summed E-state index contributed by atoms with van der Waals surface area (Å²) in [6.07, 6.45) is 0. The van der Waals surface area contributed by atoms with E-state index in [1.165, 1.54) is 77.9 Å². The molecule has 264 valence electrons. The SMILES string of the molecule is CC1(C)c2ccccc2-c2ccc(N(c3ccc4c(c3)C(C)(C)c3ccccc3-4)c3ccc(-c4ccc(-c5ccccc5)cc4)cc3-c3ccccc3)cc21. The van der Waals surface area contributed by atoms with Crippen LogP contribution in [0.5, 0.6) is 0 Å². The normalized spacial score (nSPS) is 14.1. The first-order valence-corrected chi connectivity index (χ1v) is 19.4. The van der Waals surface area contributed by atoms with E-state index < -0.39 is 0 Å². The van der Waals surface area contributed by atoms with Crippen LogP contribution in [0.15, 0.2) is 188 Å². The summed E-state index contributed by atoms with van der Waals surface area (Å²) in [7, 11) is 0. The Morgan fingerprint density at radius 2 is 0.691 bits per heavy atom. The third-order valence-corrected chi connectivity index (χ3v) is 12.3. The van der Waals surface area contributed by atoms with Gasteiger partial charge in [0.2, 0.25) is 0 Å². The van der Waals surface area contributed by atoms with E-state index in [-0.39, 0.29) is 10.8 Å². The van der Waals surface area contributed by atoms with Gasteiger partial charge in [-0.25, -0.2) is 0 Å². The van der Waals surface area contributed by atoms with Crippen molar-refractivity contribution in [2.24, 2.45) is 0 Å². The van der Waals surface area contributed by atoms with Gasteiger partial charge >= 0.3 is 0 Å². The van der Waals surface area contributed by atoms with Gasteiger partial charge in [-0.3, -0.25) is 0 Å².